The topological polar surface area (TPSA) is 74.2 Å². The van der Waals surface area contributed by atoms with Gasteiger partial charge in [-0.2, -0.15) is 0 Å². The van der Waals surface area contributed by atoms with Crippen molar-refractivity contribution >= 4 is 17.3 Å². The zero-order valence-electron chi connectivity index (χ0n) is 14.5. The number of allylic oxidation sites excluding steroid dienone is 2. The number of carboxylic acids is 1. The second kappa shape index (κ2) is 7.57. The maximum absolute atomic E-state index is 12.0. The summed E-state index contributed by atoms with van der Waals surface area (Å²) in [5, 5.41) is 15.1. The van der Waals surface area contributed by atoms with Crippen LogP contribution in [0.1, 0.15) is 25.0 Å². The van der Waals surface area contributed by atoms with Crippen LogP contribution in [0, 0.1) is 0 Å². The summed E-state index contributed by atoms with van der Waals surface area (Å²) in [6.07, 6.45) is 1.83. The monoisotopic (exact) mass is 349 g/mol. The molecule has 6 nitrogen and oxygen atoms in total. The number of nitrogens with one attached hydrogen (secondary N) is 1. The van der Waals surface area contributed by atoms with E-state index in [1.165, 1.54) is 0 Å². The van der Waals surface area contributed by atoms with Gasteiger partial charge in [-0.05, 0) is 36.3 Å². The zero-order valence-corrected chi connectivity index (χ0v) is 14.5. The Kier molecular flexibility index (Phi) is 5.03. The molecule has 0 amide bonds. The minimum atomic E-state index is -1.19. The molecule has 2 N–H and O–H groups in total. The standard InChI is InChI=1S/C20H19N3O3/c1-14-13-15(2)22-23(21-14)26-19(20(24)25)18(16-9-5-3-6-10-16)17-11-7-4-8-12-17/h3-13,21H,1-2H3,(H,24,25). The van der Waals surface area contributed by atoms with E-state index in [9.17, 15) is 9.90 Å². The van der Waals surface area contributed by atoms with E-state index < -0.39 is 5.97 Å². The van der Waals surface area contributed by atoms with Crippen LogP contribution in [0.2, 0.25) is 0 Å². The first-order valence-electron chi connectivity index (χ1n) is 8.11. The highest BCUT2D eigenvalue weighted by Crippen LogP contribution is 2.28. The van der Waals surface area contributed by atoms with Gasteiger partial charge in [0.1, 0.15) is 0 Å². The Bertz CT molecular complexity index is 846. The SMILES string of the molecule is CC1=CC(C)=NN(OC(C(=O)O)=C(c2ccccc2)c2ccccc2)N1. The molecular weight excluding hydrogens is 330 g/mol. The molecule has 2 aromatic carbocycles. The van der Waals surface area contributed by atoms with Crippen LogP contribution < -0.4 is 5.43 Å². The quantitative estimate of drug-likeness (QED) is 0.638. The number of hydrogen-bond donors (Lipinski definition) is 2. The van der Waals surface area contributed by atoms with Crippen LogP contribution in [-0.4, -0.2) is 22.1 Å². The fourth-order valence-corrected chi connectivity index (χ4v) is 2.65. The third-order valence-electron chi connectivity index (χ3n) is 3.67. The van der Waals surface area contributed by atoms with E-state index >= 15 is 0 Å². The van der Waals surface area contributed by atoms with Gasteiger partial charge in [0.15, 0.2) is 0 Å². The Morgan fingerprint density at radius 1 is 1.00 bits per heavy atom. The fraction of sp³-hybridized carbons (Fsp3) is 0.100. The third kappa shape index (κ3) is 3.92. The number of rotatable bonds is 5. The van der Waals surface area contributed by atoms with Gasteiger partial charge in [-0.3, -0.25) is 5.43 Å². The summed E-state index contributed by atoms with van der Waals surface area (Å²) >= 11 is 0. The van der Waals surface area contributed by atoms with Gasteiger partial charge in [-0.1, -0.05) is 60.7 Å². The summed E-state index contributed by atoms with van der Waals surface area (Å²) < 4.78 is 0. The molecule has 0 aromatic heterocycles. The molecule has 0 aliphatic carbocycles. The second-order valence-electron chi connectivity index (χ2n) is 5.79. The number of hydrazine groups is 1. The Hall–Kier alpha value is -3.54. The molecule has 26 heavy (non-hydrogen) atoms. The second-order valence-corrected chi connectivity index (χ2v) is 5.79. The first-order valence-corrected chi connectivity index (χ1v) is 8.11. The fourth-order valence-electron chi connectivity index (χ4n) is 2.65. The molecule has 3 rings (SSSR count). The maximum Gasteiger partial charge on any atom is 0.375 e. The van der Waals surface area contributed by atoms with Crippen molar-refractivity contribution in [2.45, 2.75) is 13.8 Å². The average Bonchev–Trinajstić information content (AvgIpc) is 2.62. The molecule has 1 aliphatic rings. The highest BCUT2D eigenvalue weighted by atomic mass is 16.7. The van der Waals surface area contributed by atoms with Gasteiger partial charge in [0.2, 0.25) is 0 Å². The van der Waals surface area contributed by atoms with Crippen LogP contribution in [-0.2, 0) is 9.63 Å². The molecule has 0 radical (unpaired) electrons. The van der Waals surface area contributed by atoms with Crippen molar-refractivity contribution in [1.29, 1.82) is 0 Å². The molecular formula is C20H19N3O3. The Balaban J connectivity index is 2.11. The molecule has 0 fully saturated rings. The third-order valence-corrected chi connectivity index (χ3v) is 3.67. The normalized spacial score (nSPS) is 13.2. The molecule has 2 aromatic rings. The first kappa shape index (κ1) is 17.3. The van der Waals surface area contributed by atoms with E-state index in [-0.39, 0.29) is 5.76 Å². The number of aliphatic carboxylic acids is 1. The largest absolute Gasteiger partial charge is 0.475 e. The Morgan fingerprint density at radius 2 is 1.54 bits per heavy atom. The lowest BCUT2D eigenvalue weighted by Crippen LogP contribution is -2.36. The minimum absolute atomic E-state index is 0.221. The number of benzene rings is 2. The summed E-state index contributed by atoms with van der Waals surface area (Å²) in [7, 11) is 0. The molecule has 0 saturated heterocycles. The molecule has 0 saturated carbocycles. The Morgan fingerprint density at radius 3 is 2.00 bits per heavy atom. The summed E-state index contributed by atoms with van der Waals surface area (Å²) in [6.45, 7) is 3.65. The van der Waals surface area contributed by atoms with Gasteiger partial charge in [-0.25, -0.2) is 4.79 Å². The van der Waals surface area contributed by atoms with Crippen LogP contribution in [0.25, 0.3) is 5.57 Å². The van der Waals surface area contributed by atoms with Crippen molar-refractivity contribution in [1.82, 2.24) is 10.7 Å². The molecule has 0 bridgehead atoms. The van der Waals surface area contributed by atoms with Gasteiger partial charge in [-0.15, -0.1) is 5.10 Å². The summed E-state index contributed by atoms with van der Waals surface area (Å²) in [4.78, 5) is 17.7. The van der Waals surface area contributed by atoms with E-state index in [1.54, 1.807) is 6.92 Å². The highest BCUT2D eigenvalue weighted by molar-refractivity contribution is 5.99. The van der Waals surface area contributed by atoms with Gasteiger partial charge in [0.05, 0.1) is 5.71 Å². The van der Waals surface area contributed by atoms with Crippen LogP contribution in [0.4, 0.5) is 0 Å². The van der Waals surface area contributed by atoms with Crippen molar-refractivity contribution in [3.05, 3.63) is 89.3 Å². The van der Waals surface area contributed by atoms with Crippen molar-refractivity contribution in [3.63, 3.8) is 0 Å². The van der Waals surface area contributed by atoms with Crippen LogP contribution in [0.15, 0.2) is 83.3 Å². The smallest absolute Gasteiger partial charge is 0.375 e. The molecule has 1 heterocycles. The lowest BCUT2D eigenvalue weighted by Gasteiger charge is -2.25. The summed E-state index contributed by atoms with van der Waals surface area (Å²) in [6, 6.07) is 18.5. The van der Waals surface area contributed by atoms with Gasteiger partial charge in [0.25, 0.3) is 5.76 Å². The lowest BCUT2D eigenvalue weighted by atomic mass is 9.96. The predicted molar refractivity (Wildman–Crippen MR) is 99.5 cm³/mol. The number of nitrogens with zero attached hydrogens (tertiary/aromatic N) is 2. The van der Waals surface area contributed by atoms with Crippen molar-refractivity contribution < 1.29 is 14.7 Å². The zero-order chi connectivity index (χ0) is 18.5. The van der Waals surface area contributed by atoms with E-state index in [1.807, 2.05) is 73.7 Å². The number of carbonyl (C=O) groups is 1. The lowest BCUT2D eigenvalue weighted by molar-refractivity contribution is -0.172. The van der Waals surface area contributed by atoms with Crippen molar-refractivity contribution in [2.75, 3.05) is 0 Å². The van der Waals surface area contributed by atoms with Crippen LogP contribution in [0.5, 0.6) is 0 Å². The van der Waals surface area contributed by atoms with Crippen molar-refractivity contribution in [3.8, 4) is 0 Å². The Labute approximate surface area is 151 Å². The number of hydrogen-bond acceptors (Lipinski definition) is 5. The molecule has 0 spiro atoms. The van der Waals surface area contributed by atoms with Crippen LogP contribution in [0.3, 0.4) is 0 Å². The highest BCUT2D eigenvalue weighted by Gasteiger charge is 2.24. The predicted octanol–water partition coefficient (Wildman–Crippen LogP) is 3.56. The van der Waals surface area contributed by atoms with Gasteiger partial charge < -0.3 is 9.94 Å². The van der Waals surface area contributed by atoms with Crippen LogP contribution >= 0.6 is 0 Å². The number of carboxylic acid groups (broad SMARTS) is 1. The van der Waals surface area contributed by atoms with E-state index in [0.29, 0.717) is 11.3 Å². The van der Waals surface area contributed by atoms with E-state index in [4.69, 9.17) is 4.84 Å². The molecule has 132 valence electrons. The molecule has 1 aliphatic heterocycles. The molecule has 6 heteroatoms. The average molecular weight is 349 g/mol. The summed E-state index contributed by atoms with van der Waals surface area (Å²) in [5.41, 5.74) is 6.32. The first-order chi connectivity index (χ1) is 12.5. The maximum atomic E-state index is 12.0. The molecule has 0 atom stereocenters. The molecule has 0 unspecified atom stereocenters. The van der Waals surface area contributed by atoms with Gasteiger partial charge >= 0.3 is 5.97 Å². The van der Waals surface area contributed by atoms with E-state index in [2.05, 4.69) is 10.5 Å². The summed E-state index contributed by atoms with van der Waals surface area (Å²) in [5.74, 6) is -1.41. The van der Waals surface area contributed by atoms with Crippen molar-refractivity contribution in [2.24, 2.45) is 5.10 Å². The van der Waals surface area contributed by atoms with Gasteiger partial charge in [0, 0.05) is 11.3 Å². The van der Waals surface area contributed by atoms with E-state index in [0.717, 1.165) is 22.1 Å². The number of hydrazone groups is 1. The minimum Gasteiger partial charge on any atom is -0.475 e.